The van der Waals surface area contributed by atoms with E-state index in [1.165, 1.54) is 0 Å². The number of rotatable bonds is 1. The van der Waals surface area contributed by atoms with Crippen molar-refractivity contribution >= 4 is 33.6 Å². The van der Waals surface area contributed by atoms with Crippen LogP contribution in [0.5, 0.6) is 0 Å². The van der Waals surface area contributed by atoms with Gasteiger partial charge in [-0.15, -0.1) is 0 Å². The fourth-order valence-electron chi connectivity index (χ4n) is 2.26. The van der Waals surface area contributed by atoms with E-state index in [-0.39, 0.29) is 5.69 Å². The molecule has 0 aliphatic heterocycles. The lowest BCUT2D eigenvalue weighted by molar-refractivity contribution is 0.393. The standard InChI is InChI=1S/C12H11IN4O2/c1-5-10(6(2)19-16-5)7-3-8(13)11-9(4-7)15-12(18)17(11)14/h3-4H,14H2,1-2H3,(H,15,18). The summed E-state index contributed by atoms with van der Waals surface area (Å²) in [6.07, 6.45) is 0. The first-order valence-electron chi connectivity index (χ1n) is 5.61. The van der Waals surface area contributed by atoms with E-state index in [1.807, 2.05) is 26.0 Å². The molecule has 6 nitrogen and oxygen atoms in total. The summed E-state index contributed by atoms with van der Waals surface area (Å²) in [7, 11) is 0. The molecule has 0 radical (unpaired) electrons. The minimum Gasteiger partial charge on any atom is -0.361 e. The van der Waals surface area contributed by atoms with Crippen LogP contribution in [-0.2, 0) is 0 Å². The van der Waals surface area contributed by atoms with Crippen molar-refractivity contribution in [1.29, 1.82) is 0 Å². The van der Waals surface area contributed by atoms with Gasteiger partial charge < -0.3 is 15.3 Å². The Bertz CT molecular complexity index is 824. The maximum atomic E-state index is 11.6. The number of benzene rings is 1. The van der Waals surface area contributed by atoms with Crippen molar-refractivity contribution in [3.8, 4) is 11.1 Å². The minimum absolute atomic E-state index is 0.330. The number of aromatic nitrogens is 3. The Kier molecular flexibility index (Phi) is 2.66. The number of nitrogens with one attached hydrogen (secondary N) is 1. The summed E-state index contributed by atoms with van der Waals surface area (Å²) >= 11 is 2.16. The molecule has 3 N–H and O–H groups in total. The summed E-state index contributed by atoms with van der Waals surface area (Å²) in [5.74, 6) is 6.46. The normalized spacial score (nSPS) is 11.3. The topological polar surface area (TPSA) is 89.8 Å². The Morgan fingerprint density at radius 2 is 2.16 bits per heavy atom. The Hall–Kier alpha value is -1.77. The van der Waals surface area contributed by atoms with Crippen molar-refractivity contribution < 1.29 is 4.52 Å². The number of halogens is 1. The third-order valence-corrected chi connectivity index (χ3v) is 3.91. The Morgan fingerprint density at radius 1 is 1.42 bits per heavy atom. The third-order valence-electron chi connectivity index (χ3n) is 3.09. The van der Waals surface area contributed by atoms with Crippen molar-refractivity contribution in [2.45, 2.75) is 13.8 Å². The van der Waals surface area contributed by atoms with Crippen molar-refractivity contribution in [1.82, 2.24) is 14.8 Å². The Balaban J connectivity index is 2.36. The second-order valence-electron chi connectivity index (χ2n) is 4.35. The number of hydrogen-bond donors (Lipinski definition) is 2. The molecule has 19 heavy (non-hydrogen) atoms. The number of nitrogens with two attached hydrogens (primary N) is 1. The molecular formula is C12H11IN4O2. The number of nitrogen functional groups attached to an aromatic ring is 1. The van der Waals surface area contributed by atoms with E-state index < -0.39 is 0 Å². The Morgan fingerprint density at radius 3 is 2.79 bits per heavy atom. The number of nitrogens with zero attached hydrogens (tertiary/aromatic N) is 2. The van der Waals surface area contributed by atoms with Gasteiger partial charge >= 0.3 is 5.69 Å². The monoisotopic (exact) mass is 370 g/mol. The molecule has 98 valence electrons. The first-order valence-corrected chi connectivity index (χ1v) is 6.69. The van der Waals surface area contributed by atoms with E-state index in [0.29, 0.717) is 11.0 Å². The molecule has 0 atom stereocenters. The van der Waals surface area contributed by atoms with Gasteiger partial charge in [-0.05, 0) is 54.1 Å². The van der Waals surface area contributed by atoms with Gasteiger partial charge in [-0.3, -0.25) is 0 Å². The van der Waals surface area contributed by atoms with Crippen LogP contribution in [0, 0.1) is 17.4 Å². The SMILES string of the molecule is Cc1noc(C)c1-c1cc(I)c2c(c1)[nH]c(=O)n2N. The summed E-state index contributed by atoms with van der Waals surface area (Å²) in [4.78, 5) is 14.3. The predicted molar refractivity (Wildman–Crippen MR) is 80.4 cm³/mol. The van der Waals surface area contributed by atoms with Gasteiger partial charge in [0.1, 0.15) is 11.3 Å². The van der Waals surface area contributed by atoms with Gasteiger partial charge in [0, 0.05) is 9.13 Å². The highest BCUT2D eigenvalue weighted by Gasteiger charge is 2.15. The number of imidazole rings is 1. The number of H-pyrrole nitrogens is 1. The van der Waals surface area contributed by atoms with Crippen molar-refractivity contribution in [2.75, 3.05) is 5.84 Å². The maximum absolute atomic E-state index is 11.6. The second-order valence-corrected chi connectivity index (χ2v) is 5.52. The lowest BCUT2D eigenvalue weighted by atomic mass is 10.0. The zero-order valence-electron chi connectivity index (χ0n) is 10.3. The maximum Gasteiger partial charge on any atom is 0.344 e. The number of fused-ring (bicyclic) bond motifs is 1. The van der Waals surface area contributed by atoms with Crippen molar-refractivity contribution in [3.05, 3.63) is 37.6 Å². The fraction of sp³-hybridized carbons (Fsp3) is 0.167. The summed E-state index contributed by atoms with van der Waals surface area (Å²) < 4.78 is 7.19. The third kappa shape index (κ3) is 1.76. The van der Waals surface area contributed by atoms with Crippen LogP contribution in [0.4, 0.5) is 0 Å². The molecule has 2 heterocycles. The van der Waals surface area contributed by atoms with Gasteiger partial charge in [-0.2, -0.15) is 0 Å². The first-order chi connectivity index (χ1) is 8.99. The average Bonchev–Trinajstić information content (AvgIpc) is 2.81. The molecule has 1 aromatic carbocycles. The second kappa shape index (κ2) is 4.12. The summed E-state index contributed by atoms with van der Waals surface area (Å²) in [6, 6.07) is 3.85. The Labute approximate surface area is 121 Å². The number of aryl methyl sites for hydroxylation is 2. The summed E-state index contributed by atoms with van der Waals surface area (Å²) in [6.45, 7) is 3.75. The molecule has 7 heteroatoms. The van der Waals surface area contributed by atoms with Crippen LogP contribution in [-0.4, -0.2) is 14.8 Å². The number of hydrogen-bond acceptors (Lipinski definition) is 4. The van der Waals surface area contributed by atoms with Gasteiger partial charge in [-0.1, -0.05) is 5.16 Å². The molecule has 0 saturated heterocycles. The van der Waals surface area contributed by atoms with Crippen LogP contribution in [0.25, 0.3) is 22.2 Å². The molecule has 3 aromatic rings. The molecule has 0 spiro atoms. The molecule has 0 amide bonds. The molecule has 0 aliphatic carbocycles. The van der Waals surface area contributed by atoms with Crippen LogP contribution in [0.1, 0.15) is 11.5 Å². The highest BCUT2D eigenvalue weighted by Crippen LogP contribution is 2.31. The van der Waals surface area contributed by atoms with Gasteiger partial charge in [-0.25, -0.2) is 9.47 Å². The highest BCUT2D eigenvalue weighted by molar-refractivity contribution is 14.1. The molecule has 0 aliphatic rings. The largest absolute Gasteiger partial charge is 0.361 e. The summed E-state index contributed by atoms with van der Waals surface area (Å²) in [5, 5.41) is 3.95. The fourth-order valence-corrected chi connectivity index (χ4v) is 3.14. The van der Waals surface area contributed by atoms with Crippen molar-refractivity contribution in [2.24, 2.45) is 0 Å². The van der Waals surface area contributed by atoms with E-state index >= 15 is 0 Å². The molecule has 2 aromatic heterocycles. The zero-order chi connectivity index (χ0) is 13.7. The van der Waals surface area contributed by atoms with Crippen LogP contribution in [0.3, 0.4) is 0 Å². The molecule has 0 fully saturated rings. The molecule has 0 bridgehead atoms. The molecule has 3 rings (SSSR count). The lowest BCUT2D eigenvalue weighted by Gasteiger charge is -2.04. The quantitative estimate of drug-likeness (QED) is 0.506. The van der Waals surface area contributed by atoms with Crippen LogP contribution in [0.2, 0.25) is 0 Å². The summed E-state index contributed by atoms with van der Waals surface area (Å²) in [5.41, 5.74) is 3.79. The van der Waals surface area contributed by atoms with Crippen LogP contribution in [0.15, 0.2) is 21.5 Å². The van der Waals surface area contributed by atoms with Crippen LogP contribution >= 0.6 is 22.6 Å². The highest BCUT2D eigenvalue weighted by atomic mass is 127. The van der Waals surface area contributed by atoms with E-state index in [0.717, 1.165) is 30.8 Å². The minimum atomic E-state index is -0.330. The predicted octanol–water partition coefficient (Wildman–Crippen LogP) is 1.92. The van der Waals surface area contributed by atoms with E-state index in [9.17, 15) is 4.79 Å². The van der Waals surface area contributed by atoms with Crippen LogP contribution < -0.4 is 11.5 Å². The van der Waals surface area contributed by atoms with Gasteiger partial charge in [0.15, 0.2) is 0 Å². The smallest absolute Gasteiger partial charge is 0.344 e. The molecule has 0 saturated carbocycles. The van der Waals surface area contributed by atoms with Gasteiger partial charge in [0.25, 0.3) is 0 Å². The average molecular weight is 370 g/mol. The number of aromatic amines is 1. The zero-order valence-corrected chi connectivity index (χ0v) is 12.5. The van der Waals surface area contributed by atoms with E-state index in [2.05, 4.69) is 32.7 Å². The lowest BCUT2D eigenvalue weighted by Crippen LogP contribution is -2.24. The first kappa shape index (κ1) is 12.3. The molecule has 0 unspecified atom stereocenters. The van der Waals surface area contributed by atoms with E-state index in [4.69, 9.17) is 10.4 Å². The van der Waals surface area contributed by atoms with Crippen molar-refractivity contribution in [3.63, 3.8) is 0 Å². The van der Waals surface area contributed by atoms with Gasteiger partial charge in [0.2, 0.25) is 0 Å². The molecular weight excluding hydrogens is 359 g/mol. The van der Waals surface area contributed by atoms with Gasteiger partial charge in [0.05, 0.1) is 11.2 Å². The van der Waals surface area contributed by atoms with E-state index in [1.54, 1.807) is 0 Å².